The first-order valence-electron chi connectivity index (χ1n) is 6.23. The monoisotopic (exact) mass is 212 g/mol. The van der Waals surface area contributed by atoms with Crippen molar-refractivity contribution in [1.82, 2.24) is 0 Å². The minimum atomic E-state index is -0.362. The van der Waals surface area contributed by atoms with Gasteiger partial charge in [-0.2, -0.15) is 0 Å². The van der Waals surface area contributed by atoms with Gasteiger partial charge >= 0.3 is 0 Å². The third kappa shape index (κ3) is 2.21. The smallest absolute Gasteiger partial charge is 0.0679 e. The summed E-state index contributed by atoms with van der Waals surface area (Å²) in [6.45, 7) is 4.20. The van der Waals surface area contributed by atoms with Gasteiger partial charge < -0.3 is 9.84 Å². The zero-order valence-electron chi connectivity index (χ0n) is 10.3. The molecule has 0 aromatic rings. The van der Waals surface area contributed by atoms with Gasteiger partial charge in [-0.05, 0) is 64.2 Å². The lowest BCUT2D eigenvalue weighted by atomic mass is 9.79. The Balaban J connectivity index is 1.89. The molecule has 2 fully saturated rings. The first kappa shape index (κ1) is 11.4. The molecule has 0 aromatic carbocycles. The van der Waals surface area contributed by atoms with E-state index in [0.29, 0.717) is 5.92 Å². The minimum absolute atomic E-state index is 0.0858. The molecule has 2 nitrogen and oxygen atoms in total. The average molecular weight is 212 g/mol. The van der Waals surface area contributed by atoms with E-state index in [1.165, 1.54) is 19.3 Å². The predicted octanol–water partition coefficient (Wildman–Crippen LogP) is 2.74. The van der Waals surface area contributed by atoms with Gasteiger partial charge in [-0.25, -0.2) is 0 Å². The van der Waals surface area contributed by atoms with Crippen LogP contribution >= 0.6 is 0 Å². The summed E-state index contributed by atoms with van der Waals surface area (Å²) in [6.07, 6.45) is 6.77. The van der Waals surface area contributed by atoms with Gasteiger partial charge in [0.1, 0.15) is 0 Å². The van der Waals surface area contributed by atoms with Gasteiger partial charge in [0.05, 0.1) is 11.2 Å². The summed E-state index contributed by atoms with van der Waals surface area (Å²) in [5.74, 6) is 1.39. The fourth-order valence-corrected chi connectivity index (χ4v) is 3.34. The Hall–Kier alpha value is -0.0800. The molecule has 0 aliphatic heterocycles. The molecule has 0 radical (unpaired) electrons. The molecule has 0 aromatic heterocycles. The Morgan fingerprint density at radius 1 is 1.40 bits per heavy atom. The normalized spacial score (nSPS) is 40.0. The maximum Gasteiger partial charge on any atom is 0.0679 e. The van der Waals surface area contributed by atoms with Crippen LogP contribution in [0.1, 0.15) is 52.4 Å². The first-order valence-corrected chi connectivity index (χ1v) is 6.23. The molecule has 15 heavy (non-hydrogen) atoms. The van der Waals surface area contributed by atoms with Crippen LogP contribution in [0.3, 0.4) is 0 Å². The van der Waals surface area contributed by atoms with Crippen molar-refractivity contribution in [3.8, 4) is 0 Å². The molecular formula is C13H24O2. The molecule has 0 spiro atoms. The second-order valence-electron chi connectivity index (χ2n) is 6.15. The van der Waals surface area contributed by atoms with E-state index in [2.05, 4.69) is 13.8 Å². The fraction of sp³-hybridized carbons (Fsp3) is 1.00. The molecule has 2 aliphatic carbocycles. The summed E-state index contributed by atoms with van der Waals surface area (Å²) in [4.78, 5) is 0. The molecule has 3 unspecified atom stereocenters. The van der Waals surface area contributed by atoms with E-state index in [9.17, 15) is 5.11 Å². The predicted molar refractivity (Wildman–Crippen MR) is 60.7 cm³/mol. The molecule has 0 saturated heterocycles. The number of aliphatic hydroxyl groups is 1. The van der Waals surface area contributed by atoms with Gasteiger partial charge in [0.15, 0.2) is 0 Å². The van der Waals surface area contributed by atoms with E-state index in [-0.39, 0.29) is 11.2 Å². The van der Waals surface area contributed by atoms with Crippen LogP contribution in [0.4, 0.5) is 0 Å². The molecule has 2 bridgehead atoms. The number of rotatable bonds is 4. The summed E-state index contributed by atoms with van der Waals surface area (Å²) in [6, 6.07) is 0. The van der Waals surface area contributed by atoms with E-state index in [1.54, 1.807) is 7.11 Å². The molecule has 3 atom stereocenters. The highest BCUT2D eigenvalue weighted by Crippen LogP contribution is 2.52. The number of hydrogen-bond donors (Lipinski definition) is 1. The highest BCUT2D eigenvalue weighted by molar-refractivity contribution is 5.01. The molecule has 2 rings (SSSR count). The standard InChI is InChI=1S/C13H24O2/c1-12(2,15-3)6-7-13(14)9-10-4-5-11(13)8-10/h10-11,14H,4-9H2,1-3H3. The Morgan fingerprint density at radius 2 is 2.13 bits per heavy atom. The van der Waals surface area contributed by atoms with Crippen molar-refractivity contribution in [2.75, 3.05) is 7.11 Å². The minimum Gasteiger partial charge on any atom is -0.390 e. The van der Waals surface area contributed by atoms with Crippen LogP contribution in [0.15, 0.2) is 0 Å². The number of hydrogen-bond acceptors (Lipinski definition) is 2. The fourth-order valence-electron chi connectivity index (χ4n) is 3.34. The van der Waals surface area contributed by atoms with Crippen LogP contribution in [0.2, 0.25) is 0 Å². The van der Waals surface area contributed by atoms with Crippen molar-refractivity contribution in [2.45, 2.75) is 63.6 Å². The van der Waals surface area contributed by atoms with E-state index in [1.807, 2.05) is 0 Å². The van der Waals surface area contributed by atoms with Crippen molar-refractivity contribution in [3.05, 3.63) is 0 Å². The molecule has 88 valence electrons. The maximum atomic E-state index is 10.6. The Labute approximate surface area is 93.0 Å². The maximum absolute atomic E-state index is 10.6. The average Bonchev–Trinajstić information content (AvgIpc) is 2.75. The van der Waals surface area contributed by atoms with Crippen LogP contribution in [0.5, 0.6) is 0 Å². The largest absolute Gasteiger partial charge is 0.390 e. The van der Waals surface area contributed by atoms with Crippen molar-refractivity contribution < 1.29 is 9.84 Å². The zero-order chi connectivity index (χ0) is 11.1. The quantitative estimate of drug-likeness (QED) is 0.776. The third-order valence-corrected chi connectivity index (χ3v) is 4.66. The SMILES string of the molecule is COC(C)(C)CCC1(O)CC2CCC1C2. The van der Waals surface area contributed by atoms with Gasteiger partial charge in [0, 0.05) is 7.11 Å². The van der Waals surface area contributed by atoms with Crippen LogP contribution in [-0.2, 0) is 4.74 Å². The highest BCUT2D eigenvalue weighted by Gasteiger charge is 2.49. The lowest BCUT2D eigenvalue weighted by Gasteiger charge is -2.35. The number of ether oxygens (including phenoxy) is 1. The lowest BCUT2D eigenvalue weighted by Crippen LogP contribution is -2.37. The van der Waals surface area contributed by atoms with Gasteiger partial charge in [-0.3, -0.25) is 0 Å². The van der Waals surface area contributed by atoms with Gasteiger partial charge in [0.2, 0.25) is 0 Å². The first-order chi connectivity index (χ1) is 6.95. The van der Waals surface area contributed by atoms with Crippen LogP contribution in [-0.4, -0.2) is 23.4 Å². The second-order valence-corrected chi connectivity index (χ2v) is 6.15. The Kier molecular flexibility index (Phi) is 2.85. The van der Waals surface area contributed by atoms with Gasteiger partial charge in [-0.1, -0.05) is 0 Å². The van der Waals surface area contributed by atoms with Crippen LogP contribution in [0, 0.1) is 11.8 Å². The van der Waals surface area contributed by atoms with Crippen molar-refractivity contribution >= 4 is 0 Å². The molecule has 2 saturated carbocycles. The number of fused-ring (bicyclic) bond motifs is 2. The van der Waals surface area contributed by atoms with Crippen molar-refractivity contribution in [3.63, 3.8) is 0 Å². The van der Waals surface area contributed by atoms with E-state index in [4.69, 9.17) is 4.74 Å². The second kappa shape index (κ2) is 3.74. The summed E-state index contributed by atoms with van der Waals surface area (Å²) < 4.78 is 5.41. The summed E-state index contributed by atoms with van der Waals surface area (Å²) in [5, 5.41) is 10.6. The number of methoxy groups -OCH3 is 1. The van der Waals surface area contributed by atoms with E-state index in [0.717, 1.165) is 25.2 Å². The van der Waals surface area contributed by atoms with Crippen LogP contribution in [0.25, 0.3) is 0 Å². The van der Waals surface area contributed by atoms with Crippen LogP contribution < -0.4 is 0 Å². The van der Waals surface area contributed by atoms with Crippen molar-refractivity contribution in [1.29, 1.82) is 0 Å². The molecule has 1 N–H and O–H groups in total. The van der Waals surface area contributed by atoms with Crippen molar-refractivity contribution in [2.24, 2.45) is 11.8 Å². The lowest BCUT2D eigenvalue weighted by molar-refractivity contribution is -0.0528. The summed E-state index contributed by atoms with van der Waals surface area (Å²) in [7, 11) is 1.75. The Bertz CT molecular complexity index is 237. The third-order valence-electron chi connectivity index (χ3n) is 4.66. The van der Waals surface area contributed by atoms with E-state index >= 15 is 0 Å². The topological polar surface area (TPSA) is 29.5 Å². The molecule has 0 heterocycles. The molecule has 2 heteroatoms. The van der Waals surface area contributed by atoms with Gasteiger partial charge in [-0.15, -0.1) is 0 Å². The Morgan fingerprint density at radius 3 is 2.60 bits per heavy atom. The summed E-state index contributed by atoms with van der Waals surface area (Å²) in [5.41, 5.74) is -0.448. The summed E-state index contributed by atoms with van der Waals surface area (Å²) >= 11 is 0. The molecular weight excluding hydrogens is 188 g/mol. The van der Waals surface area contributed by atoms with Gasteiger partial charge in [0.25, 0.3) is 0 Å². The van der Waals surface area contributed by atoms with E-state index < -0.39 is 0 Å². The highest BCUT2D eigenvalue weighted by atomic mass is 16.5. The molecule has 2 aliphatic rings. The zero-order valence-corrected chi connectivity index (χ0v) is 10.3. The molecule has 0 amide bonds.